The molecule has 6 nitrogen and oxygen atoms in total. The number of aromatic nitrogens is 1. The zero-order valence-corrected chi connectivity index (χ0v) is 14.7. The van der Waals surface area contributed by atoms with Crippen molar-refractivity contribution in [3.8, 4) is 17.1 Å². The molecule has 1 aromatic heterocycles. The van der Waals surface area contributed by atoms with Crippen LogP contribution in [0.5, 0.6) is 5.75 Å². The normalized spacial score (nSPS) is 11.4. The number of hydrogen-bond acceptors (Lipinski definition) is 5. The van der Waals surface area contributed by atoms with Gasteiger partial charge in [-0.3, -0.25) is 0 Å². The number of rotatable bonds is 6. The van der Waals surface area contributed by atoms with E-state index in [0.29, 0.717) is 17.4 Å². The molecule has 3 aromatic rings. The first-order valence-corrected chi connectivity index (χ1v) is 9.12. The number of benzene rings is 2. The van der Waals surface area contributed by atoms with Gasteiger partial charge in [-0.25, -0.2) is 18.1 Å². The summed E-state index contributed by atoms with van der Waals surface area (Å²) < 4.78 is 38.2. The number of ether oxygens (including phenoxy) is 1. The van der Waals surface area contributed by atoms with E-state index in [1.165, 1.54) is 12.1 Å². The quantitative estimate of drug-likeness (QED) is 0.732. The summed E-state index contributed by atoms with van der Waals surface area (Å²) in [5.41, 5.74) is 1.53. The van der Waals surface area contributed by atoms with Crippen molar-refractivity contribution in [2.45, 2.75) is 18.4 Å². The zero-order valence-electron chi connectivity index (χ0n) is 13.9. The van der Waals surface area contributed by atoms with E-state index in [1.54, 1.807) is 38.4 Å². The van der Waals surface area contributed by atoms with E-state index >= 15 is 0 Å². The molecule has 0 atom stereocenters. The molecule has 3 rings (SSSR count). The number of oxazole rings is 1. The SMILES string of the molecule is COc1ccccc1CNS(=O)(=O)c1ccc(-c2cnc(C)o2)cc1. The molecular formula is C18H18N2O4S. The average molecular weight is 358 g/mol. The van der Waals surface area contributed by atoms with E-state index in [4.69, 9.17) is 9.15 Å². The van der Waals surface area contributed by atoms with E-state index in [1.807, 2.05) is 18.2 Å². The van der Waals surface area contributed by atoms with Crippen molar-refractivity contribution in [3.05, 3.63) is 66.2 Å². The van der Waals surface area contributed by atoms with Crippen molar-refractivity contribution < 1.29 is 17.6 Å². The van der Waals surface area contributed by atoms with Gasteiger partial charge in [0.2, 0.25) is 10.0 Å². The first-order valence-electron chi connectivity index (χ1n) is 7.64. The molecule has 0 aliphatic rings. The molecular weight excluding hydrogens is 340 g/mol. The van der Waals surface area contributed by atoms with Crippen LogP contribution in [-0.4, -0.2) is 20.5 Å². The minimum Gasteiger partial charge on any atom is -0.496 e. The van der Waals surface area contributed by atoms with Gasteiger partial charge < -0.3 is 9.15 Å². The fourth-order valence-electron chi connectivity index (χ4n) is 2.40. The summed E-state index contributed by atoms with van der Waals surface area (Å²) in [6.45, 7) is 1.90. The van der Waals surface area contributed by atoms with Crippen molar-refractivity contribution in [2.24, 2.45) is 0 Å². The van der Waals surface area contributed by atoms with Crippen LogP contribution in [0.15, 0.2) is 64.0 Å². The molecule has 0 saturated carbocycles. The Bertz CT molecular complexity index is 963. The second kappa shape index (κ2) is 7.08. The van der Waals surface area contributed by atoms with Crippen molar-refractivity contribution in [3.63, 3.8) is 0 Å². The lowest BCUT2D eigenvalue weighted by molar-refractivity contribution is 0.409. The van der Waals surface area contributed by atoms with Gasteiger partial charge in [-0.1, -0.05) is 18.2 Å². The van der Waals surface area contributed by atoms with Crippen molar-refractivity contribution in [1.29, 1.82) is 0 Å². The van der Waals surface area contributed by atoms with Crippen molar-refractivity contribution >= 4 is 10.0 Å². The lowest BCUT2D eigenvalue weighted by Gasteiger charge is -2.10. The maximum Gasteiger partial charge on any atom is 0.240 e. The summed E-state index contributed by atoms with van der Waals surface area (Å²) in [4.78, 5) is 4.22. The Morgan fingerprint density at radius 2 is 1.84 bits per heavy atom. The standard InChI is InChI=1S/C18H18N2O4S/c1-13-19-12-18(24-13)14-7-9-16(10-8-14)25(21,22)20-11-15-5-3-4-6-17(15)23-2/h3-10,12,20H,11H2,1-2H3. The fraction of sp³-hybridized carbons (Fsp3) is 0.167. The highest BCUT2D eigenvalue weighted by molar-refractivity contribution is 7.89. The van der Waals surface area contributed by atoms with Gasteiger partial charge in [-0.05, 0) is 30.3 Å². The van der Waals surface area contributed by atoms with Gasteiger partial charge in [0.05, 0.1) is 18.2 Å². The third-order valence-electron chi connectivity index (χ3n) is 3.72. The number of nitrogens with one attached hydrogen (secondary N) is 1. The van der Waals surface area contributed by atoms with Crippen LogP contribution in [0, 0.1) is 6.92 Å². The van der Waals surface area contributed by atoms with Gasteiger partial charge in [0.25, 0.3) is 0 Å². The number of hydrogen-bond donors (Lipinski definition) is 1. The van der Waals surface area contributed by atoms with Crippen LogP contribution in [0.1, 0.15) is 11.5 Å². The van der Waals surface area contributed by atoms with E-state index in [-0.39, 0.29) is 11.4 Å². The summed E-state index contributed by atoms with van der Waals surface area (Å²) in [6.07, 6.45) is 1.61. The highest BCUT2D eigenvalue weighted by atomic mass is 32.2. The minimum absolute atomic E-state index is 0.148. The number of aryl methyl sites for hydroxylation is 1. The van der Waals surface area contributed by atoms with Crippen molar-refractivity contribution in [2.75, 3.05) is 7.11 Å². The largest absolute Gasteiger partial charge is 0.496 e. The lowest BCUT2D eigenvalue weighted by atomic mass is 10.2. The second-order valence-electron chi connectivity index (χ2n) is 5.40. The monoisotopic (exact) mass is 358 g/mol. The molecule has 0 saturated heterocycles. The first kappa shape index (κ1) is 17.2. The van der Waals surface area contributed by atoms with Gasteiger partial charge in [-0.2, -0.15) is 0 Å². The molecule has 0 amide bonds. The van der Waals surface area contributed by atoms with Gasteiger partial charge in [0.15, 0.2) is 11.7 Å². The van der Waals surface area contributed by atoms with Crippen LogP contribution in [-0.2, 0) is 16.6 Å². The molecule has 7 heteroatoms. The van der Waals surface area contributed by atoms with Gasteiger partial charge in [0.1, 0.15) is 5.75 Å². The molecule has 130 valence electrons. The molecule has 0 spiro atoms. The molecule has 0 radical (unpaired) electrons. The summed E-state index contributed by atoms with van der Waals surface area (Å²) in [5, 5.41) is 0. The molecule has 0 aliphatic heterocycles. The van der Waals surface area contributed by atoms with Crippen LogP contribution < -0.4 is 9.46 Å². The average Bonchev–Trinajstić information content (AvgIpc) is 3.07. The molecule has 25 heavy (non-hydrogen) atoms. The Kier molecular flexibility index (Phi) is 4.87. The molecule has 2 aromatic carbocycles. The molecule has 0 bridgehead atoms. The summed E-state index contributed by atoms with van der Waals surface area (Å²) in [7, 11) is -2.08. The van der Waals surface area contributed by atoms with Gasteiger partial charge >= 0.3 is 0 Å². The van der Waals surface area contributed by atoms with E-state index in [9.17, 15) is 8.42 Å². The number of nitrogens with zero attached hydrogens (tertiary/aromatic N) is 1. The lowest BCUT2D eigenvalue weighted by Crippen LogP contribution is -2.23. The van der Waals surface area contributed by atoms with Crippen LogP contribution in [0.25, 0.3) is 11.3 Å². The Morgan fingerprint density at radius 1 is 1.12 bits per heavy atom. The van der Waals surface area contributed by atoms with E-state index in [2.05, 4.69) is 9.71 Å². The first-order chi connectivity index (χ1) is 12.0. The molecule has 0 fully saturated rings. The molecule has 0 unspecified atom stereocenters. The van der Waals surface area contributed by atoms with Crippen molar-refractivity contribution in [1.82, 2.24) is 9.71 Å². The van der Waals surface area contributed by atoms with Crippen LogP contribution in [0.3, 0.4) is 0 Å². The Morgan fingerprint density at radius 3 is 2.48 bits per heavy atom. The van der Waals surface area contributed by atoms with Gasteiger partial charge in [-0.15, -0.1) is 0 Å². The highest BCUT2D eigenvalue weighted by Crippen LogP contribution is 2.22. The number of sulfonamides is 1. The highest BCUT2D eigenvalue weighted by Gasteiger charge is 2.15. The second-order valence-corrected chi connectivity index (χ2v) is 7.17. The summed E-state index contributed by atoms with van der Waals surface area (Å²) in [6, 6.07) is 13.7. The summed E-state index contributed by atoms with van der Waals surface area (Å²) >= 11 is 0. The smallest absolute Gasteiger partial charge is 0.240 e. The van der Waals surface area contributed by atoms with E-state index in [0.717, 1.165) is 11.1 Å². The van der Waals surface area contributed by atoms with E-state index < -0.39 is 10.0 Å². The molecule has 0 aliphatic carbocycles. The molecule has 1 N–H and O–H groups in total. The predicted molar refractivity (Wildman–Crippen MR) is 93.7 cm³/mol. The topological polar surface area (TPSA) is 81.4 Å². The Labute approximate surface area is 146 Å². The zero-order chi connectivity index (χ0) is 17.9. The van der Waals surface area contributed by atoms with Crippen LogP contribution >= 0.6 is 0 Å². The maximum absolute atomic E-state index is 12.5. The summed E-state index contributed by atoms with van der Waals surface area (Å²) in [5.74, 6) is 1.80. The Balaban J connectivity index is 1.76. The van der Waals surface area contributed by atoms with Gasteiger partial charge in [0, 0.05) is 24.6 Å². The van der Waals surface area contributed by atoms with Crippen LogP contribution in [0.4, 0.5) is 0 Å². The third kappa shape index (κ3) is 3.89. The maximum atomic E-state index is 12.5. The minimum atomic E-state index is -3.63. The number of para-hydroxylation sites is 1. The number of methoxy groups -OCH3 is 1. The third-order valence-corrected chi connectivity index (χ3v) is 5.13. The van der Waals surface area contributed by atoms with Crippen LogP contribution in [0.2, 0.25) is 0 Å². The molecule has 1 heterocycles. The fourth-order valence-corrected chi connectivity index (χ4v) is 3.40. The Hall–Kier alpha value is -2.64. The predicted octanol–water partition coefficient (Wildman–Crippen LogP) is 3.14.